The molecule has 0 aliphatic carbocycles. The fourth-order valence-corrected chi connectivity index (χ4v) is 2.37. The van der Waals surface area contributed by atoms with Crippen LogP contribution in [0.3, 0.4) is 0 Å². The Balaban J connectivity index is 1.94. The van der Waals surface area contributed by atoms with Gasteiger partial charge in [0.25, 0.3) is 0 Å². The molecule has 6 heteroatoms. The summed E-state index contributed by atoms with van der Waals surface area (Å²) in [6, 6.07) is 1.53. The van der Waals surface area contributed by atoms with E-state index in [1.54, 1.807) is 6.92 Å². The summed E-state index contributed by atoms with van der Waals surface area (Å²) < 4.78 is 0. The predicted molar refractivity (Wildman–Crippen MR) is 67.7 cm³/mol. The van der Waals surface area contributed by atoms with Crippen molar-refractivity contribution in [3.63, 3.8) is 0 Å². The molecule has 0 atom stereocenters. The number of nitrogens with zero attached hydrogens (tertiary/aromatic N) is 3. The van der Waals surface area contributed by atoms with Gasteiger partial charge in [-0.05, 0) is 31.2 Å². The SMILES string of the molecule is CC(=O)N1CCC(Cc2cc(C(=O)O)ncn2)CC1. The number of hydrogen-bond donors (Lipinski definition) is 1. The third-order valence-electron chi connectivity index (χ3n) is 3.50. The number of carboxylic acid groups (broad SMARTS) is 1. The molecule has 2 rings (SSSR count). The summed E-state index contributed by atoms with van der Waals surface area (Å²) in [7, 11) is 0. The fourth-order valence-electron chi connectivity index (χ4n) is 2.37. The highest BCUT2D eigenvalue weighted by molar-refractivity contribution is 5.85. The van der Waals surface area contributed by atoms with Gasteiger partial charge in [-0.3, -0.25) is 4.79 Å². The van der Waals surface area contributed by atoms with E-state index in [0.29, 0.717) is 5.92 Å². The summed E-state index contributed by atoms with van der Waals surface area (Å²) in [6.45, 7) is 3.14. The van der Waals surface area contributed by atoms with Crippen LogP contribution in [-0.2, 0) is 11.2 Å². The summed E-state index contributed by atoms with van der Waals surface area (Å²) in [4.78, 5) is 31.7. The number of carboxylic acids is 1. The number of rotatable bonds is 3. The van der Waals surface area contributed by atoms with E-state index in [4.69, 9.17) is 5.11 Å². The van der Waals surface area contributed by atoms with Crippen LogP contribution in [0, 0.1) is 5.92 Å². The van der Waals surface area contributed by atoms with Crippen molar-refractivity contribution in [2.24, 2.45) is 5.92 Å². The zero-order chi connectivity index (χ0) is 13.8. The van der Waals surface area contributed by atoms with Gasteiger partial charge in [0.05, 0.1) is 0 Å². The van der Waals surface area contributed by atoms with Gasteiger partial charge in [-0.25, -0.2) is 14.8 Å². The molecule has 0 spiro atoms. The predicted octanol–water partition coefficient (Wildman–Crippen LogP) is 0.976. The Hall–Kier alpha value is -1.98. The van der Waals surface area contributed by atoms with Crippen LogP contribution in [-0.4, -0.2) is 44.9 Å². The van der Waals surface area contributed by atoms with Crippen LogP contribution in [0.25, 0.3) is 0 Å². The lowest BCUT2D eigenvalue weighted by molar-refractivity contribution is -0.130. The van der Waals surface area contributed by atoms with Gasteiger partial charge in [0.15, 0.2) is 5.69 Å². The number of hydrogen-bond acceptors (Lipinski definition) is 4. The molecular weight excluding hydrogens is 246 g/mol. The number of piperidine rings is 1. The van der Waals surface area contributed by atoms with Gasteiger partial charge in [-0.15, -0.1) is 0 Å². The van der Waals surface area contributed by atoms with Crippen LogP contribution >= 0.6 is 0 Å². The summed E-state index contributed by atoms with van der Waals surface area (Å²) in [5.41, 5.74) is 0.792. The van der Waals surface area contributed by atoms with Gasteiger partial charge < -0.3 is 10.0 Å². The van der Waals surface area contributed by atoms with Crippen LogP contribution in [0.5, 0.6) is 0 Å². The van der Waals surface area contributed by atoms with Crippen LogP contribution in [0.15, 0.2) is 12.4 Å². The van der Waals surface area contributed by atoms with E-state index in [1.165, 1.54) is 12.4 Å². The van der Waals surface area contributed by atoms with E-state index in [1.807, 2.05) is 4.90 Å². The molecule has 0 radical (unpaired) electrons. The van der Waals surface area contributed by atoms with Gasteiger partial charge in [0.2, 0.25) is 5.91 Å². The third kappa shape index (κ3) is 3.49. The highest BCUT2D eigenvalue weighted by atomic mass is 16.4. The fraction of sp³-hybridized carbons (Fsp3) is 0.538. The molecule has 1 aromatic rings. The third-order valence-corrected chi connectivity index (χ3v) is 3.50. The lowest BCUT2D eigenvalue weighted by atomic mass is 9.92. The second-order valence-electron chi connectivity index (χ2n) is 4.85. The molecule has 1 aliphatic heterocycles. The molecule has 1 N–H and O–H groups in total. The molecule has 0 saturated carbocycles. The molecule has 0 bridgehead atoms. The van der Waals surface area contributed by atoms with E-state index in [-0.39, 0.29) is 11.6 Å². The van der Waals surface area contributed by atoms with Gasteiger partial charge in [-0.2, -0.15) is 0 Å². The van der Waals surface area contributed by atoms with Crippen molar-refractivity contribution in [3.05, 3.63) is 23.8 Å². The Kier molecular flexibility index (Phi) is 4.09. The van der Waals surface area contributed by atoms with Crippen LogP contribution in [0.1, 0.15) is 35.9 Å². The van der Waals surface area contributed by atoms with Crippen LogP contribution in [0.2, 0.25) is 0 Å². The summed E-state index contributed by atoms with van der Waals surface area (Å²) in [6.07, 6.45) is 3.91. The quantitative estimate of drug-likeness (QED) is 0.878. The molecular formula is C13H17N3O3. The number of likely N-dealkylation sites (tertiary alicyclic amines) is 1. The zero-order valence-corrected chi connectivity index (χ0v) is 10.9. The largest absolute Gasteiger partial charge is 0.477 e. The first-order valence-corrected chi connectivity index (χ1v) is 6.36. The molecule has 0 aromatic carbocycles. The Labute approximate surface area is 111 Å². The maximum Gasteiger partial charge on any atom is 0.354 e. The van der Waals surface area contributed by atoms with Crippen molar-refractivity contribution in [1.29, 1.82) is 0 Å². The van der Waals surface area contributed by atoms with E-state index < -0.39 is 5.97 Å². The Morgan fingerprint density at radius 2 is 2.05 bits per heavy atom. The van der Waals surface area contributed by atoms with Gasteiger partial charge >= 0.3 is 5.97 Å². The van der Waals surface area contributed by atoms with Crippen LogP contribution < -0.4 is 0 Å². The van der Waals surface area contributed by atoms with Gasteiger partial charge in [-0.1, -0.05) is 0 Å². The molecule has 102 valence electrons. The number of aromatic nitrogens is 2. The minimum Gasteiger partial charge on any atom is -0.477 e. The second-order valence-corrected chi connectivity index (χ2v) is 4.85. The second kappa shape index (κ2) is 5.77. The topological polar surface area (TPSA) is 83.4 Å². The van der Waals surface area contributed by atoms with Crippen LogP contribution in [0.4, 0.5) is 0 Å². The first kappa shape index (κ1) is 13.5. The maximum absolute atomic E-state index is 11.2. The highest BCUT2D eigenvalue weighted by Gasteiger charge is 2.21. The van der Waals surface area contributed by atoms with E-state index >= 15 is 0 Å². The minimum atomic E-state index is -1.03. The van der Waals surface area contributed by atoms with Crippen molar-refractivity contribution in [1.82, 2.24) is 14.9 Å². The first-order valence-electron chi connectivity index (χ1n) is 6.36. The maximum atomic E-state index is 11.2. The molecule has 1 amide bonds. The smallest absolute Gasteiger partial charge is 0.354 e. The lowest BCUT2D eigenvalue weighted by Crippen LogP contribution is -2.37. The summed E-state index contributed by atoms with van der Waals surface area (Å²) in [5.74, 6) is -0.462. The molecule has 19 heavy (non-hydrogen) atoms. The van der Waals surface area contributed by atoms with E-state index in [0.717, 1.165) is 38.0 Å². The Morgan fingerprint density at radius 3 is 2.63 bits per heavy atom. The standard InChI is InChI=1S/C13H17N3O3/c1-9(17)16-4-2-10(3-5-16)6-11-7-12(13(18)19)15-8-14-11/h7-8,10H,2-6H2,1H3,(H,18,19). The molecule has 1 aliphatic rings. The Bertz CT molecular complexity index is 482. The molecule has 0 unspecified atom stereocenters. The number of aromatic carboxylic acids is 1. The number of carbonyl (C=O) groups excluding carboxylic acids is 1. The monoisotopic (exact) mass is 263 g/mol. The summed E-state index contributed by atoms with van der Waals surface area (Å²) >= 11 is 0. The van der Waals surface area contributed by atoms with Crippen molar-refractivity contribution < 1.29 is 14.7 Å². The van der Waals surface area contributed by atoms with E-state index in [9.17, 15) is 9.59 Å². The zero-order valence-electron chi connectivity index (χ0n) is 10.9. The number of carbonyl (C=O) groups is 2. The highest BCUT2D eigenvalue weighted by Crippen LogP contribution is 2.21. The first-order chi connectivity index (χ1) is 9.06. The lowest BCUT2D eigenvalue weighted by Gasteiger charge is -2.31. The molecule has 1 aromatic heterocycles. The Morgan fingerprint density at radius 1 is 1.37 bits per heavy atom. The normalized spacial score (nSPS) is 16.4. The summed E-state index contributed by atoms with van der Waals surface area (Å²) in [5, 5.41) is 8.88. The molecule has 1 fully saturated rings. The average molecular weight is 263 g/mol. The van der Waals surface area contributed by atoms with E-state index in [2.05, 4.69) is 9.97 Å². The minimum absolute atomic E-state index is 0.0335. The molecule has 2 heterocycles. The number of amides is 1. The van der Waals surface area contributed by atoms with Gasteiger partial charge in [0.1, 0.15) is 6.33 Å². The van der Waals surface area contributed by atoms with Crippen molar-refractivity contribution >= 4 is 11.9 Å². The molecule has 1 saturated heterocycles. The average Bonchev–Trinajstić information content (AvgIpc) is 2.39. The van der Waals surface area contributed by atoms with Crippen molar-refractivity contribution in [2.45, 2.75) is 26.2 Å². The van der Waals surface area contributed by atoms with Gasteiger partial charge in [0, 0.05) is 25.7 Å². The van der Waals surface area contributed by atoms with Crippen molar-refractivity contribution in [2.75, 3.05) is 13.1 Å². The molecule has 6 nitrogen and oxygen atoms in total. The van der Waals surface area contributed by atoms with Crippen molar-refractivity contribution in [3.8, 4) is 0 Å².